The van der Waals surface area contributed by atoms with Crippen molar-refractivity contribution in [3.8, 4) is 0 Å². The Hall–Kier alpha value is -3.30. The molecule has 1 aromatic carbocycles. The second kappa shape index (κ2) is 7.51. The highest BCUT2D eigenvalue weighted by molar-refractivity contribution is 6.45. The highest BCUT2D eigenvalue weighted by Gasteiger charge is 2.44. The number of rotatable bonds is 7. The molecule has 0 atom stereocenters. The quantitative estimate of drug-likeness (QED) is 0.340. The molecule has 0 radical (unpaired) electrons. The van der Waals surface area contributed by atoms with Crippen molar-refractivity contribution < 1.29 is 24.1 Å². The van der Waals surface area contributed by atoms with Crippen molar-refractivity contribution in [2.75, 3.05) is 18.4 Å². The first-order valence-electron chi connectivity index (χ1n) is 7.56. The third-order valence-electron chi connectivity index (χ3n) is 3.51. The average Bonchev–Trinajstić information content (AvgIpc) is 2.77. The summed E-state index contributed by atoms with van der Waals surface area (Å²) in [4.78, 5) is 59.2. The molecule has 132 valence electrons. The van der Waals surface area contributed by atoms with Crippen molar-refractivity contribution in [2.24, 2.45) is 0 Å². The van der Waals surface area contributed by atoms with Gasteiger partial charge < -0.3 is 5.32 Å². The van der Waals surface area contributed by atoms with Crippen LogP contribution in [-0.4, -0.2) is 51.6 Å². The zero-order chi connectivity index (χ0) is 18.6. The van der Waals surface area contributed by atoms with Crippen LogP contribution >= 0.6 is 0 Å². The van der Waals surface area contributed by atoms with E-state index in [1.54, 1.807) is 0 Å². The maximum Gasteiger partial charge on any atom is 0.334 e. The smallest absolute Gasteiger partial charge is 0.324 e. The minimum absolute atomic E-state index is 0.114. The van der Waals surface area contributed by atoms with E-state index < -0.39 is 35.2 Å². The number of non-ortho nitro benzene ring substituents is 1. The second-order valence-corrected chi connectivity index (χ2v) is 5.34. The molecule has 0 spiro atoms. The topological polar surface area (TPSA) is 130 Å². The van der Waals surface area contributed by atoms with Crippen molar-refractivity contribution in [1.82, 2.24) is 9.80 Å². The van der Waals surface area contributed by atoms with E-state index in [2.05, 4.69) is 5.32 Å². The van der Waals surface area contributed by atoms with Gasteiger partial charge in [-0.3, -0.25) is 29.4 Å². The van der Waals surface area contributed by atoms with Gasteiger partial charge in [0.2, 0.25) is 5.91 Å². The number of anilines is 1. The molecule has 1 saturated heterocycles. The number of nitro groups is 1. The standard InChI is InChI=1S/C15H16N4O6/c1-2-3-7-17-13(21)14(22)18(15(17)23)9-12(20)16-10-5-4-6-11(8-10)19(24)25/h4-6,8H,2-3,7,9H2,1H3,(H,16,20). The van der Waals surface area contributed by atoms with Crippen LogP contribution in [0.4, 0.5) is 16.2 Å². The van der Waals surface area contributed by atoms with Gasteiger partial charge in [-0.05, 0) is 12.5 Å². The number of carbonyl (C=O) groups is 4. The summed E-state index contributed by atoms with van der Waals surface area (Å²) in [5.74, 6) is -2.76. The Balaban J connectivity index is 2.04. The van der Waals surface area contributed by atoms with Gasteiger partial charge in [-0.25, -0.2) is 9.69 Å². The lowest BCUT2D eigenvalue weighted by molar-refractivity contribution is -0.384. The molecule has 25 heavy (non-hydrogen) atoms. The number of nitro benzene ring substituents is 1. The molecule has 1 aliphatic rings. The van der Waals surface area contributed by atoms with Gasteiger partial charge in [-0.15, -0.1) is 0 Å². The summed E-state index contributed by atoms with van der Waals surface area (Å²) in [6.45, 7) is 1.34. The number of unbranched alkanes of at least 4 members (excludes halogenated alkanes) is 1. The molecule has 0 aromatic heterocycles. The molecule has 0 saturated carbocycles. The van der Waals surface area contributed by atoms with Crippen molar-refractivity contribution in [1.29, 1.82) is 0 Å². The van der Waals surface area contributed by atoms with Crippen LogP contribution < -0.4 is 5.32 Å². The molecule has 0 unspecified atom stereocenters. The normalized spacial score (nSPS) is 14.2. The molecule has 10 heteroatoms. The van der Waals surface area contributed by atoms with Crippen molar-refractivity contribution in [3.05, 3.63) is 34.4 Å². The first-order chi connectivity index (χ1) is 11.8. The summed E-state index contributed by atoms with van der Waals surface area (Å²) >= 11 is 0. The molecule has 0 aliphatic carbocycles. The SMILES string of the molecule is CCCCN1C(=O)C(=O)N(CC(=O)Nc2cccc([N+](=O)[O-])c2)C1=O. The number of imide groups is 2. The maximum atomic E-state index is 12.1. The monoisotopic (exact) mass is 348 g/mol. The Morgan fingerprint density at radius 1 is 1.20 bits per heavy atom. The molecule has 1 aliphatic heterocycles. The third kappa shape index (κ3) is 3.97. The van der Waals surface area contributed by atoms with Gasteiger partial charge in [0.25, 0.3) is 5.69 Å². The number of hydrogen-bond acceptors (Lipinski definition) is 6. The van der Waals surface area contributed by atoms with E-state index in [9.17, 15) is 29.3 Å². The van der Waals surface area contributed by atoms with Crippen LogP contribution in [0.3, 0.4) is 0 Å². The lowest BCUT2D eigenvalue weighted by Crippen LogP contribution is -2.39. The Bertz CT molecular complexity index is 747. The van der Waals surface area contributed by atoms with E-state index in [0.717, 1.165) is 17.4 Å². The number of benzene rings is 1. The Morgan fingerprint density at radius 3 is 2.52 bits per heavy atom. The lowest BCUT2D eigenvalue weighted by atomic mass is 10.3. The van der Waals surface area contributed by atoms with Gasteiger partial charge in [0.05, 0.1) is 4.92 Å². The summed E-state index contributed by atoms with van der Waals surface area (Å²) in [7, 11) is 0. The van der Waals surface area contributed by atoms with Crippen LogP contribution in [-0.2, 0) is 14.4 Å². The maximum absolute atomic E-state index is 12.1. The van der Waals surface area contributed by atoms with Gasteiger partial charge in [0.1, 0.15) is 6.54 Å². The summed E-state index contributed by atoms with van der Waals surface area (Å²) < 4.78 is 0. The number of nitrogens with one attached hydrogen (secondary N) is 1. The number of amides is 5. The Morgan fingerprint density at radius 2 is 1.88 bits per heavy atom. The average molecular weight is 348 g/mol. The van der Waals surface area contributed by atoms with Gasteiger partial charge in [0, 0.05) is 24.4 Å². The predicted octanol–water partition coefficient (Wildman–Crippen LogP) is 1.12. The predicted molar refractivity (Wildman–Crippen MR) is 85.5 cm³/mol. The molecule has 1 N–H and O–H groups in total. The minimum Gasteiger partial charge on any atom is -0.324 e. The fourth-order valence-electron chi connectivity index (χ4n) is 2.24. The van der Waals surface area contributed by atoms with Crippen molar-refractivity contribution in [3.63, 3.8) is 0 Å². The van der Waals surface area contributed by atoms with Crippen LogP contribution in [0.1, 0.15) is 19.8 Å². The van der Waals surface area contributed by atoms with E-state index in [1.165, 1.54) is 18.2 Å². The zero-order valence-electron chi connectivity index (χ0n) is 13.4. The van der Waals surface area contributed by atoms with E-state index in [1.807, 2.05) is 6.92 Å². The van der Waals surface area contributed by atoms with E-state index >= 15 is 0 Å². The summed E-state index contributed by atoms with van der Waals surface area (Å²) in [5, 5.41) is 13.1. The zero-order valence-corrected chi connectivity index (χ0v) is 13.4. The van der Waals surface area contributed by atoms with Gasteiger partial charge in [-0.1, -0.05) is 19.4 Å². The molecular formula is C15H16N4O6. The van der Waals surface area contributed by atoms with E-state index in [0.29, 0.717) is 11.3 Å². The van der Waals surface area contributed by atoms with E-state index in [4.69, 9.17) is 0 Å². The number of urea groups is 1. The minimum atomic E-state index is -1.06. The molecule has 1 aromatic rings. The summed E-state index contributed by atoms with van der Waals surface area (Å²) in [6.07, 6.45) is 1.29. The number of carbonyl (C=O) groups excluding carboxylic acids is 4. The van der Waals surface area contributed by atoms with Crippen LogP contribution in [0.2, 0.25) is 0 Å². The summed E-state index contributed by atoms with van der Waals surface area (Å²) in [5.41, 5.74) is -0.0699. The molecule has 5 amide bonds. The second-order valence-electron chi connectivity index (χ2n) is 5.34. The number of hydrogen-bond donors (Lipinski definition) is 1. The van der Waals surface area contributed by atoms with Gasteiger partial charge in [-0.2, -0.15) is 0 Å². The molecule has 10 nitrogen and oxygen atoms in total. The summed E-state index contributed by atoms with van der Waals surface area (Å²) in [6, 6.07) is 4.38. The van der Waals surface area contributed by atoms with Crippen LogP contribution in [0.5, 0.6) is 0 Å². The Labute approximate surface area is 142 Å². The largest absolute Gasteiger partial charge is 0.334 e. The fraction of sp³-hybridized carbons (Fsp3) is 0.333. The first-order valence-corrected chi connectivity index (χ1v) is 7.56. The van der Waals surface area contributed by atoms with Gasteiger partial charge >= 0.3 is 17.8 Å². The Kier molecular flexibility index (Phi) is 5.42. The van der Waals surface area contributed by atoms with Crippen molar-refractivity contribution in [2.45, 2.75) is 19.8 Å². The van der Waals surface area contributed by atoms with Crippen LogP contribution in [0.15, 0.2) is 24.3 Å². The van der Waals surface area contributed by atoms with E-state index in [-0.39, 0.29) is 17.9 Å². The highest BCUT2D eigenvalue weighted by atomic mass is 16.6. The highest BCUT2D eigenvalue weighted by Crippen LogP contribution is 2.18. The first kappa shape index (κ1) is 18.0. The lowest BCUT2D eigenvalue weighted by Gasteiger charge is -2.15. The van der Waals surface area contributed by atoms with Gasteiger partial charge in [0.15, 0.2) is 0 Å². The molecule has 1 fully saturated rings. The molecule has 1 heterocycles. The third-order valence-corrected chi connectivity index (χ3v) is 3.51. The fourth-order valence-corrected chi connectivity index (χ4v) is 2.24. The number of nitrogens with zero attached hydrogens (tertiary/aromatic N) is 3. The van der Waals surface area contributed by atoms with Crippen LogP contribution in [0.25, 0.3) is 0 Å². The van der Waals surface area contributed by atoms with Crippen LogP contribution in [0, 0.1) is 10.1 Å². The molecular weight excluding hydrogens is 332 g/mol. The molecule has 2 rings (SSSR count). The van der Waals surface area contributed by atoms with Crippen molar-refractivity contribution >= 4 is 35.1 Å². The molecule has 0 bridgehead atoms.